The molecular weight excluding hydrogens is 344 g/mol. The molecule has 134 valence electrons. The SMILES string of the molecule is CCCn1c(SCc2cccc(C(N)=O)c2)nnc1-c1cccc(C)c1. The second-order valence-corrected chi connectivity index (χ2v) is 7.12. The van der Waals surface area contributed by atoms with Crippen LogP contribution in [0.5, 0.6) is 0 Å². The van der Waals surface area contributed by atoms with Gasteiger partial charge in [0.15, 0.2) is 11.0 Å². The van der Waals surface area contributed by atoms with Crippen LogP contribution in [0.1, 0.15) is 34.8 Å². The standard InChI is InChI=1S/C20H22N4OS/c1-3-10-24-19(17-9-4-6-14(2)11-17)22-23-20(24)26-13-15-7-5-8-16(12-15)18(21)25/h4-9,11-12H,3,10,13H2,1-2H3,(H2,21,25). The normalized spacial score (nSPS) is 10.8. The van der Waals surface area contributed by atoms with Gasteiger partial charge >= 0.3 is 0 Å². The molecule has 26 heavy (non-hydrogen) atoms. The van der Waals surface area contributed by atoms with Crippen LogP contribution in [-0.2, 0) is 12.3 Å². The summed E-state index contributed by atoms with van der Waals surface area (Å²) in [7, 11) is 0. The Hall–Kier alpha value is -2.60. The molecule has 0 spiro atoms. The van der Waals surface area contributed by atoms with Crippen LogP contribution in [0.2, 0.25) is 0 Å². The van der Waals surface area contributed by atoms with Gasteiger partial charge in [-0.2, -0.15) is 0 Å². The summed E-state index contributed by atoms with van der Waals surface area (Å²) in [4.78, 5) is 11.3. The quantitative estimate of drug-likeness (QED) is 0.640. The monoisotopic (exact) mass is 366 g/mol. The van der Waals surface area contributed by atoms with Gasteiger partial charge in [-0.25, -0.2) is 0 Å². The average Bonchev–Trinajstić information content (AvgIpc) is 3.03. The van der Waals surface area contributed by atoms with Crippen molar-refractivity contribution in [2.45, 2.75) is 37.7 Å². The van der Waals surface area contributed by atoms with Crippen LogP contribution in [-0.4, -0.2) is 20.7 Å². The van der Waals surface area contributed by atoms with Gasteiger partial charge < -0.3 is 10.3 Å². The fraction of sp³-hybridized carbons (Fsp3) is 0.250. The van der Waals surface area contributed by atoms with Crippen molar-refractivity contribution in [2.75, 3.05) is 0 Å². The zero-order valence-corrected chi connectivity index (χ0v) is 15.8. The topological polar surface area (TPSA) is 73.8 Å². The first-order valence-electron chi connectivity index (χ1n) is 8.60. The van der Waals surface area contributed by atoms with Crippen molar-refractivity contribution in [3.05, 3.63) is 65.2 Å². The minimum absolute atomic E-state index is 0.410. The van der Waals surface area contributed by atoms with Gasteiger partial charge in [-0.1, -0.05) is 54.6 Å². The van der Waals surface area contributed by atoms with E-state index in [4.69, 9.17) is 5.73 Å². The van der Waals surface area contributed by atoms with Crippen LogP contribution in [0.3, 0.4) is 0 Å². The molecule has 0 bridgehead atoms. The van der Waals surface area contributed by atoms with Gasteiger partial charge in [0.05, 0.1) is 0 Å². The third-order valence-electron chi connectivity index (χ3n) is 4.02. The second kappa shape index (κ2) is 8.19. The van der Waals surface area contributed by atoms with Crippen molar-refractivity contribution in [1.29, 1.82) is 0 Å². The number of rotatable bonds is 7. The lowest BCUT2D eigenvalue weighted by Gasteiger charge is -2.09. The van der Waals surface area contributed by atoms with E-state index in [1.807, 2.05) is 24.3 Å². The Morgan fingerprint density at radius 3 is 2.69 bits per heavy atom. The first kappa shape index (κ1) is 18.2. The lowest BCUT2D eigenvalue weighted by Crippen LogP contribution is -2.10. The summed E-state index contributed by atoms with van der Waals surface area (Å²) in [5.41, 5.74) is 9.20. The highest BCUT2D eigenvalue weighted by atomic mass is 32.2. The van der Waals surface area contributed by atoms with Crippen molar-refractivity contribution in [2.24, 2.45) is 5.73 Å². The van der Waals surface area contributed by atoms with E-state index in [0.29, 0.717) is 11.3 Å². The smallest absolute Gasteiger partial charge is 0.248 e. The molecule has 0 unspecified atom stereocenters. The Morgan fingerprint density at radius 1 is 1.15 bits per heavy atom. The second-order valence-electron chi connectivity index (χ2n) is 6.18. The summed E-state index contributed by atoms with van der Waals surface area (Å²) in [5, 5.41) is 9.70. The van der Waals surface area contributed by atoms with Crippen molar-refractivity contribution in [3.8, 4) is 11.4 Å². The van der Waals surface area contributed by atoms with Crippen LogP contribution in [0.4, 0.5) is 0 Å². The van der Waals surface area contributed by atoms with Crippen molar-refractivity contribution >= 4 is 17.7 Å². The molecule has 0 fully saturated rings. The number of nitrogens with two attached hydrogens (primary N) is 1. The van der Waals surface area contributed by atoms with Crippen molar-refractivity contribution in [3.63, 3.8) is 0 Å². The van der Waals surface area contributed by atoms with Crippen LogP contribution in [0.15, 0.2) is 53.7 Å². The zero-order chi connectivity index (χ0) is 18.5. The Kier molecular flexibility index (Phi) is 5.73. The molecule has 1 heterocycles. The van der Waals surface area contributed by atoms with Crippen LogP contribution in [0.25, 0.3) is 11.4 Å². The van der Waals surface area contributed by atoms with Crippen molar-refractivity contribution < 1.29 is 4.79 Å². The third-order valence-corrected chi connectivity index (χ3v) is 5.06. The molecular formula is C20H22N4OS. The number of carbonyl (C=O) groups is 1. The van der Waals surface area contributed by atoms with Crippen LogP contribution >= 0.6 is 11.8 Å². The van der Waals surface area contributed by atoms with Gasteiger partial charge in [0.25, 0.3) is 0 Å². The summed E-state index contributed by atoms with van der Waals surface area (Å²) in [6.45, 7) is 5.08. The van der Waals surface area contributed by atoms with Gasteiger partial charge in [0, 0.05) is 23.4 Å². The predicted octanol–water partition coefficient (Wildman–Crippen LogP) is 4.05. The van der Waals surface area contributed by atoms with E-state index in [1.54, 1.807) is 17.8 Å². The lowest BCUT2D eigenvalue weighted by molar-refractivity contribution is 0.1000. The van der Waals surface area contributed by atoms with Gasteiger partial charge in [-0.3, -0.25) is 4.79 Å². The summed E-state index contributed by atoms with van der Waals surface area (Å²) < 4.78 is 2.16. The van der Waals surface area contributed by atoms with E-state index in [1.165, 1.54) is 5.56 Å². The fourth-order valence-electron chi connectivity index (χ4n) is 2.78. The maximum atomic E-state index is 11.3. The molecule has 6 heteroatoms. The number of aromatic nitrogens is 3. The summed E-state index contributed by atoms with van der Waals surface area (Å²) in [5.74, 6) is 1.19. The van der Waals surface area contributed by atoms with Gasteiger partial charge in [0.1, 0.15) is 0 Å². The Bertz CT molecular complexity index is 920. The number of nitrogens with zero attached hydrogens (tertiary/aromatic N) is 3. The number of amides is 1. The number of aryl methyl sites for hydroxylation is 1. The molecule has 0 aliphatic heterocycles. The molecule has 5 nitrogen and oxygen atoms in total. The molecule has 2 N–H and O–H groups in total. The van der Waals surface area contributed by atoms with Gasteiger partial charge in [-0.05, 0) is 37.1 Å². The highest BCUT2D eigenvalue weighted by Crippen LogP contribution is 2.27. The third kappa shape index (κ3) is 4.14. The Labute approximate surface area is 157 Å². The van der Waals surface area contributed by atoms with E-state index >= 15 is 0 Å². The Balaban J connectivity index is 1.84. The largest absolute Gasteiger partial charge is 0.366 e. The predicted molar refractivity (Wildman–Crippen MR) is 105 cm³/mol. The molecule has 1 aromatic heterocycles. The van der Waals surface area contributed by atoms with Crippen LogP contribution < -0.4 is 5.73 Å². The van der Waals surface area contributed by atoms with E-state index in [9.17, 15) is 4.79 Å². The number of carbonyl (C=O) groups excluding carboxylic acids is 1. The maximum absolute atomic E-state index is 11.3. The summed E-state index contributed by atoms with van der Waals surface area (Å²) >= 11 is 1.62. The minimum atomic E-state index is -0.410. The first-order valence-corrected chi connectivity index (χ1v) is 9.59. The molecule has 3 aromatic rings. The number of hydrogen-bond acceptors (Lipinski definition) is 4. The minimum Gasteiger partial charge on any atom is -0.366 e. The van der Waals surface area contributed by atoms with E-state index in [-0.39, 0.29) is 0 Å². The molecule has 0 saturated carbocycles. The average molecular weight is 366 g/mol. The molecule has 0 aliphatic carbocycles. The number of benzene rings is 2. The molecule has 0 radical (unpaired) electrons. The molecule has 1 amide bonds. The maximum Gasteiger partial charge on any atom is 0.248 e. The van der Waals surface area contributed by atoms with E-state index < -0.39 is 5.91 Å². The van der Waals surface area contributed by atoms with Gasteiger partial charge in [0.2, 0.25) is 5.91 Å². The number of thioether (sulfide) groups is 1. The van der Waals surface area contributed by atoms with E-state index in [2.05, 4.69) is 46.8 Å². The summed E-state index contributed by atoms with van der Waals surface area (Å²) in [6.07, 6.45) is 1.00. The zero-order valence-electron chi connectivity index (χ0n) is 15.0. The number of primary amides is 1. The first-order chi connectivity index (χ1) is 12.6. The molecule has 0 atom stereocenters. The number of hydrogen-bond donors (Lipinski definition) is 1. The molecule has 2 aromatic carbocycles. The van der Waals surface area contributed by atoms with E-state index in [0.717, 1.165) is 35.1 Å². The lowest BCUT2D eigenvalue weighted by atomic mass is 10.1. The highest BCUT2D eigenvalue weighted by molar-refractivity contribution is 7.98. The van der Waals surface area contributed by atoms with Gasteiger partial charge in [-0.15, -0.1) is 10.2 Å². The summed E-state index contributed by atoms with van der Waals surface area (Å²) in [6, 6.07) is 15.7. The highest BCUT2D eigenvalue weighted by Gasteiger charge is 2.14. The molecule has 0 aliphatic rings. The Morgan fingerprint density at radius 2 is 1.96 bits per heavy atom. The van der Waals surface area contributed by atoms with Crippen LogP contribution in [0, 0.1) is 6.92 Å². The molecule has 3 rings (SSSR count). The fourth-order valence-corrected chi connectivity index (χ4v) is 3.69. The molecule has 0 saturated heterocycles. The van der Waals surface area contributed by atoms with Crippen molar-refractivity contribution in [1.82, 2.24) is 14.8 Å².